The van der Waals surface area contributed by atoms with Gasteiger partial charge in [0.2, 0.25) is 0 Å². The van der Waals surface area contributed by atoms with Gasteiger partial charge in [-0.1, -0.05) is 0 Å². The Bertz CT molecular complexity index is 474. The molecule has 0 saturated carbocycles. The van der Waals surface area contributed by atoms with E-state index in [2.05, 4.69) is 5.10 Å². The fraction of sp³-hybridized carbons (Fsp3) is 0.250. The van der Waals surface area contributed by atoms with Crippen LogP contribution in [0.5, 0.6) is 5.75 Å². The highest BCUT2D eigenvalue weighted by atomic mass is 16.3. The number of aromatic nitrogens is 2. The number of rotatable bonds is 3. The second kappa shape index (κ2) is 4.37. The van der Waals surface area contributed by atoms with E-state index in [9.17, 15) is 5.11 Å². The van der Waals surface area contributed by atoms with Crippen molar-refractivity contribution in [3.63, 3.8) is 0 Å². The van der Waals surface area contributed by atoms with Gasteiger partial charge >= 0.3 is 0 Å². The van der Waals surface area contributed by atoms with Crippen molar-refractivity contribution in [1.82, 2.24) is 9.78 Å². The summed E-state index contributed by atoms with van der Waals surface area (Å²) in [4.78, 5) is 0. The summed E-state index contributed by atoms with van der Waals surface area (Å²) in [6, 6.07) is 7.11. The van der Waals surface area contributed by atoms with Crippen LogP contribution in [0.15, 0.2) is 30.5 Å². The van der Waals surface area contributed by atoms with Gasteiger partial charge < -0.3 is 10.8 Å². The fourth-order valence-electron chi connectivity index (χ4n) is 1.81. The number of nitrogens with zero attached hydrogens (tertiary/aromatic N) is 2. The fourth-order valence-corrected chi connectivity index (χ4v) is 1.81. The Morgan fingerprint density at radius 1 is 1.31 bits per heavy atom. The van der Waals surface area contributed by atoms with E-state index in [4.69, 9.17) is 5.73 Å². The molecule has 0 aliphatic carbocycles. The quantitative estimate of drug-likeness (QED) is 0.814. The summed E-state index contributed by atoms with van der Waals surface area (Å²) < 4.78 is 1.83. The van der Waals surface area contributed by atoms with E-state index in [1.54, 1.807) is 12.1 Å². The molecule has 0 radical (unpaired) electrons. The molecule has 0 saturated heterocycles. The lowest BCUT2D eigenvalue weighted by Crippen LogP contribution is -2.04. The first-order valence-corrected chi connectivity index (χ1v) is 5.22. The number of phenols is 1. The molecule has 4 heteroatoms. The Morgan fingerprint density at radius 3 is 2.62 bits per heavy atom. The minimum absolute atomic E-state index is 0.270. The van der Waals surface area contributed by atoms with Crippen LogP contribution in [-0.2, 0) is 13.5 Å². The van der Waals surface area contributed by atoms with Gasteiger partial charge in [-0.15, -0.1) is 0 Å². The van der Waals surface area contributed by atoms with E-state index in [0.717, 1.165) is 23.2 Å². The van der Waals surface area contributed by atoms with Crippen LogP contribution in [-0.4, -0.2) is 21.4 Å². The lowest BCUT2D eigenvalue weighted by atomic mass is 10.1. The van der Waals surface area contributed by atoms with E-state index in [1.165, 1.54) is 0 Å². The van der Waals surface area contributed by atoms with Gasteiger partial charge in [0, 0.05) is 12.6 Å². The predicted octanol–water partition coefficient (Wildman–Crippen LogP) is 1.29. The van der Waals surface area contributed by atoms with Crippen LogP contribution in [0.4, 0.5) is 0 Å². The molecule has 1 heterocycles. The summed E-state index contributed by atoms with van der Waals surface area (Å²) >= 11 is 0. The molecule has 2 rings (SSSR count). The standard InChI is InChI=1S/C12H15N3O/c1-15-12(10(6-7-13)8-14-15)9-2-4-11(16)5-3-9/h2-5,8,16H,6-7,13H2,1H3. The predicted molar refractivity (Wildman–Crippen MR) is 63.1 cm³/mol. The maximum atomic E-state index is 9.25. The number of phenolic OH excluding ortho intramolecular Hbond substituents is 1. The monoisotopic (exact) mass is 217 g/mol. The van der Waals surface area contributed by atoms with Gasteiger partial charge in [0.1, 0.15) is 5.75 Å². The minimum atomic E-state index is 0.270. The van der Waals surface area contributed by atoms with Crippen LogP contribution >= 0.6 is 0 Å². The van der Waals surface area contributed by atoms with Crippen LogP contribution in [0.25, 0.3) is 11.3 Å². The average Bonchev–Trinajstić information content (AvgIpc) is 2.62. The Hall–Kier alpha value is -1.81. The van der Waals surface area contributed by atoms with Crippen molar-refractivity contribution in [3.05, 3.63) is 36.0 Å². The maximum Gasteiger partial charge on any atom is 0.115 e. The highest BCUT2D eigenvalue weighted by molar-refractivity contribution is 5.64. The first kappa shape index (κ1) is 10.7. The van der Waals surface area contributed by atoms with E-state index < -0.39 is 0 Å². The van der Waals surface area contributed by atoms with E-state index in [-0.39, 0.29) is 5.75 Å². The van der Waals surface area contributed by atoms with Gasteiger partial charge in [-0.2, -0.15) is 5.10 Å². The van der Waals surface area contributed by atoms with Gasteiger partial charge in [0.25, 0.3) is 0 Å². The van der Waals surface area contributed by atoms with Crippen molar-refractivity contribution in [1.29, 1.82) is 0 Å². The zero-order valence-corrected chi connectivity index (χ0v) is 9.22. The van der Waals surface area contributed by atoms with Crippen LogP contribution in [0.2, 0.25) is 0 Å². The molecule has 0 spiro atoms. The van der Waals surface area contributed by atoms with Crippen molar-refractivity contribution < 1.29 is 5.11 Å². The molecule has 0 amide bonds. The molecule has 0 aliphatic heterocycles. The van der Waals surface area contributed by atoms with Gasteiger partial charge in [-0.3, -0.25) is 4.68 Å². The molecule has 0 aliphatic rings. The molecule has 0 unspecified atom stereocenters. The topological polar surface area (TPSA) is 64.1 Å². The molecule has 1 aromatic carbocycles. The highest BCUT2D eigenvalue weighted by Crippen LogP contribution is 2.24. The molecule has 1 aromatic heterocycles. The number of aryl methyl sites for hydroxylation is 1. The first-order valence-electron chi connectivity index (χ1n) is 5.22. The van der Waals surface area contributed by atoms with Crippen LogP contribution in [0.3, 0.4) is 0 Å². The molecule has 0 bridgehead atoms. The second-order valence-electron chi connectivity index (χ2n) is 3.73. The van der Waals surface area contributed by atoms with Crippen molar-refractivity contribution in [2.75, 3.05) is 6.54 Å². The van der Waals surface area contributed by atoms with E-state index >= 15 is 0 Å². The number of benzene rings is 1. The zero-order chi connectivity index (χ0) is 11.5. The number of hydrogen-bond donors (Lipinski definition) is 2. The second-order valence-corrected chi connectivity index (χ2v) is 3.73. The van der Waals surface area contributed by atoms with Crippen molar-refractivity contribution in [2.24, 2.45) is 12.8 Å². The van der Waals surface area contributed by atoms with Crippen molar-refractivity contribution >= 4 is 0 Å². The Morgan fingerprint density at radius 2 is 2.00 bits per heavy atom. The largest absolute Gasteiger partial charge is 0.508 e. The first-order chi connectivity index (χ1) is 7.72. The molecule has 84 valence electrons. The molecule has 16 heavy (non-hydrogen) atoms. The Balaban J connectivity index is 2.45. The summed E-state index contributed by atoms with van der Waals surface area (Å²) in [5.74, 6) is 0.270. The molecule has 4 nitrogen and oxygen atoms in total. The Kier molecular flexibility index (Phi) is 2.92. The lowest BCUT2D eigenvalue weighted by molar-refractivity contribution is 0.475. The Labute approximate surface area is 94.3 Å². The number of hydrogen-bond acceptors (Lipinski definition) is 3. The zero-order valence-electron chi connectivity index (χ0n) is 9.22. The lowest BCUT2D eigenvalue weighted by Gasteiger charge is -2.05. The highest BCUT2D eigenvalue weighted by Gasteiger charge is 2.09. The van der Waals surface area contributed by atoms with Crippen LogP contribution < -0.4 is 5.73 Å². The van der Waals surface area contributed by atoms with Crippen LogP contribution in [0.1, 0.15) is 5.56 Å². The summed E-state index contributed by atoms with van der Waals surface area (Å²) in [7, 11) is 1.90. The third kappa shape index (κ3) is 1.92. The molecule has 0 atom stereocenters. The third-order valence-electron chi connectivity index (χ3n) is 2.57. The summed E-state index contributed by atoms with van der Waals surface area (Å²) in [6.07, 6.45) is 2.65. The summed E-state index contributed by atoms with van der Waals surface area (Å²) in [6.45, 7) is 0.608. The van der Waals surface area contributed by atoms with Gasteiger partial charge in [-0.25, -0.2) is 0 Å². The van der Waals surface area contributed by atoms with E-state index in [1.807, 2.05) is 30.1 Å². The van der Waals surface area contributed by atoms with Gasteiger partial charge in [0.05, 0.1) is 11.9 Å². The summed E-state index contributed by atoms with van der Waals surface area (Å²) in [5.41, 5.74) is 8.80. The molecule has 2 aromatic rings. The molecular weight excluding hydrogens is 202 g/mol. The normalized spacial score (nSPS) is 10.6. The molecule has 0 fully saturated rings. The molecule has 3 N–H and O–H groups in total. The van der Waals surface area contributed by atoms with Crippen molar-refractivity contribution in [3.8, 4) is 17.0 Å². The number of aromatic hydroxyl groups is 1. The average molecular weight is 217 g/mol. The SMILES string of the molecule is Cn1ncc(CCN)c1-c1ccc(O)cc1. The third-order valence-corrected chi connectivity index (χ3v) is 2.57. The number of nitrogens with two attached hydrogens (primary N) is 1. The van der Waals surface area contributed by atoms with Crippen molar-refractivity contribution in [2.45, 2.75) is 6.42 Å². The maximum absolute atomic E-state index is 9.25. The van der Waals surface area contributed by atoms with Gasteiger partial charge in [0.15, 0.2) is 0 Å². The van der Waals surface area contributed by atoms with E-state index in [0.29, 0.717) is 6.54 Å². The molecular formula is C12H15N3O. The summed E-state index contributed by atoms with van der Waals surface area (Å²) in [5, 5.41) is 13.5. The smallest absolute Gasteiger partial charge is 0.115 e. The minimum Gasteiger partial charge on any atom is -0.508 e. The van der Waals surface area contributed by atoms with Crippen LogP contribution in [0, 0.1) is 0 Å². The van der Waals surface area contributed by atoms with Gasteiger partial charge in [-0.05, 0) is 42.8 Å².